The van der Waals surface area contributed by atoms with Gasteiger partial charge in [0.1, 0.15) is 11.2 Å². The molecule has 5 rings (SSSR count). The van der Waals surface area contributed by atoms with E-state index in [0.29, 0.717) is 47.6 Å². The van der Waals surface area contributed by atoms with Crippen LogP contribution in [0.25, 0.3) is 0 Å². The predicted molar refractivity (Wildman–Crippen MR) is 101 cm³/mol. The third-order valence-corrected chi connectivity index (χ3v) is 6.05. The first-order valence-electron chi connectivity index (χ1n) is 10.3. The quantitative estimate of drug-likeness (QED) is 0.751. The fraction of sp³-hybridized carbons (Fsp3) is 0.619. The van der Waals surface area contributed by atoms with Gasteiger partial charge in [-0.25, -0.2) is 4.98 Å². The molecule has 148 valence electrons. The lowest BCUT2D eigenvalue weighted by Crippen LogP contribution is -2.46. The van der Waals surface area contributed by atoms with Gasteiger partial charge in [0.25, 0.3) is 5.91 Å². The first-order valence-corrected chi connectivity index (χ1v) is 10.3. The molecular formula is C21H26N4O3. The van der Waals surface area contributed by atoms with Crippen LogP contribution in [0.5, 0.6) is 5.88 Å². The van der Waals surface area contributed by atoms with Crippen LogP contribution in [0, 0.1) is 18.8 Å². The standard InChI is InChI=1S/C21H26N4O3/c1-12-22-20(25-28-12)21(2,15-7-8-15)24-18(26)17-10-9-16(14-5-6-14)19(23-17)27-11-13-3-4-13/h9-10,13-15H,3-8,11H2,1-2H3,(H,24,26). The number of rotatable bonds is 8. The number of hydrogen-bond donors (Lipinski definition) is 1. The molecular weight excluding hydrogens is 356 g/mol. The van der Waals surface area contributed by atoms with E-state index in [9.17, 15) is 4.79 Å². The second kappa shape index (κ2) is 6.57. The fourth-order valence-corrected chi connectivity index (χ4v) is 3.69. The molecule has 0 aliphatic heterocycles. The fourth-order valence-electron chi connectivity index (χ4n) is 3.69. The molecule has 3 aliphatic rings. The lowest BCUT2D eigenvalue weighted by molar-refractivity contribution is 0.0878. The number of nitrogens with one attached hydrogen (secondary N) is 1. The van der Waals surface area contributed by atoms with Gasteiger partial charge in [0.05, 0.1) is 6.61 Å². The summed E-state index contributed by atoms with van der Waals surface area (Å²) >= 11 is 0. The first kappa shape index (κ1) is 17.6. The third kappa shape index (κ3) is 3.50. The molecule has 0 saturated heterocycles. The summed E-state index contributed by atoms with van der Waals surface area (Å²) in [5, 5.41) is 7.20. The van der Waals surface area contributed by atoms with Crippen molar-refractivity contribution in [3.8, 4) is 5.88 Å². The molecule has 3 aliphatic carbocycles. The lowest BCUT2D eigenvalue weighted by atomic mass is 9.94. The minimum atomic E-state index is -0.652. The molecule has 1 unspecified atom stereocenters. The van der Waals surface area contributed by atoms with E-state index in [1.54, 1.807) is 6.92 Å². The molecule has 2 aromatic heterocycles. The van der Waals surface area contributed by atoms with Gasteiger partial charge in [-0.15, -0.1) is 0 Å². The van der Waals surface area contributed by atoms with E-state index in [1.165, 1.54) is 25.7 Å². The smallest absolute Gasteiger partial charge is 0.270 e. The topological polar surface area (TPSA) is 90.1 Å². The molecule has 1 atom stereocenters. The first-order chi connectivity index (χ1) is 13.5. The van der Waals surface area contributed by atoms with Gasteiger partial charge in [0.2, 0.25) is 11.8 Å². The number of amides is 1. The van der Waals surface area contributed by atoms with Crippen LogP contribution >= 0.6 is 0 Å². The molecule has 3 fully saturated rings. The van der Waals surface area contributed by atoms with Gasteiger partial charge in [-0.3, -0.25) is 4.79 Å². The highest BCUT2D eigenvalue weighted by Gasteiger charge is 2.47. The monoisotopic (exact) mass is 382 g/mol. The lowest BCUT2D eigenvalue weighted by Gasteiger charge is -2.27. The number of ether oxygens (including phenoxy) is 1. The minimum absolute atomic E-state index is 0.226. The van der Waals surface area contributed by atoms with Crippen molar-refractivity contribution in [2.24, 2.45) is 11.8 Å². The third-order valence-electron chi connectivity index (χ3n) is 6.05. The Kier molecular flexibility index (Phi) is 4.14. The number of nitrogens with zero attached hydrogens (tertiary/aromatic N) is 3. The van der Waals surface area contributed by atoms with Gasteiger partial charge in [-0.2, -0.15) is 4.98 Å². The van der Waals surface area contributed by atoms with Crippen molar-refractivity contribution in [2.45, 2.75) is 63.8 Å². The second-order valence-corrected chi connectivity index (χ2v) is 8.69. The molecule has 0 aromatic carbocycles. The maximum Gasteiger partial charge on any atom is 0.270 e. The molecule has 7 heteroatoms. The maximum absolute atomic E-state index is 13.1. The van der Waals surface area contributed by atoms with Crippen LogP contribution in [0.3, 0.4) is 0 Å². The molecule has 0 spiro atoms. The van der Waals surface area contributed by atoms with Gasteiger partial charge in [0.15, 0.2) is 5.82 Å². The number of carbonyl (C=O) groups excluding carboxylic acids is 1. The molecule has 2 aromatic rings. The van der Waals surface area contributed by atoms with Crippen LogP contribution < -0.4 is 10.1 Å². The van der Waals surface area contributed by atoms with Crippen LogP contribution in [-0.2, 0) is 5.54 Å². The largest absolute Gasteiger partial charge is 0.477 e. The van der Waals surface area contributed by atoms with Gasteiger partial charge in [-0.05, 0) is 69.3 Å². The summed E-state index contributed by atoms with van der Waals surface area (Å²) in [6.07, 6.45) is 6.86. The van der Waals surface area contributed by atoms with Crippen LogP contribution in [0.1, 0.15) is 79.1 Å². The number of carbonyl (C=O) groups is 1. The SMILES string of the molecule is Cc1nc(C(C)(NC(=O)c2ccc(C3CC3)c(OCC3CC3)n2)C2CC2)no1. The summed E-state index contributed by atoms with van der Waals surface area (Å²) in [4.78, 5) is 22.0. The highest BCUT2D eigenvalue weighted by Crippen LogP contribution is 2.46. The predicted octanol–water partition coefficient (Wildman–Crippen LogP) is 3.49. The Morgan fingerprint density at radius 1 is 1.21 bits per heavy atom. The van der Waals surface area contributed by atoms with Crippen molar-refractivity contribution in [1.82, 2.24) is 20.4 Å². The van der Waals surface area contributed by atoms with Crippen LogP contribution in [-0.4, -0.2) is 27.6 Å². The van der Waals surface area contributed by atoms with Gasteiger partial charge in [-0.1, -0.05) is 11.2 Å². The highest BCUT2D eigenvalue weighted by molar-refractivity contribution is 5.93. The van der Waals surface area contributed by atoms with E-state index in [4.69, 9.17) is 9.26 Å². The van der Waals surface area contributed by atoms with Crippen molar-refractivity contribution in [2.75, 3.05) is 6.61 Å². The normalized spacial score (nSPS) is 21.2. The Bertz CT molecular complexity index is 899. The summed E-state index contributed by atoms with van der Waals surface area (Å²) in [6, 6.07) is 3.82. The molecule has 3 saturated carbocycles. The second-order valence-electron chi connectivity index (χ2n) is 8.69. The maximum atomic E-state index is 13.1. The Morgan fingerprint density at radius 2 is 2.00 bits per heavy atom. The molecule has 0 bridgehead atoms. The van der Waals surface area contributed by atoms with Gasteiger partial charge in [0, 0.05) is 12.5 Å². The molecule has 7 nitrogen and oxygen atoms in total. The minimum Gasteiger partial charge on any atom is -0.477 e. The van der Waals surface area contributed by atoms with E-state index in [-0.39, 0.29) is 5.91 Å². The Hall–Kier alpha value is -2.44. The zero-order valence-corrected chi connectivity index (χ0v) is 16.4. The molecule has 28 heavy (non-hydrogen) atoms. The average molecular weight is 382 g/mol. The Labute approximate surface area is 164 Å². The molecule has 1 amide bonds. The van der Waals surface area contributed by atoms with Crippen molar-refractivity contribution < 1.29 is 14.1 Å². The van der Waals surface area contributed by atoms with Crippen molar-refractivity contribution in [3.63, 3.8) is 0 Å². The number of aryl methyl sites for hydroxylation is 1. The summed E-state index contributed by atoms with van der Waals surface area (Å²) < 4.78 is 11.2. The average Bonchev–Trinajstić information content (AvgIpc) is 3.55. The summed E-state index contributed by atoms with van der Waals surface area (Å²) in [7, 11) is 0. The molecule has 0 radical (unpaired) electrons. The molecule has 2 heterocycles. The van der Waals surface area contributed by atoms with Crippen molar-refractivity contribution in [3.05, 3.63) is 35.1 Å². The highest BCUT2D eigenvalue weighted by atomic mass is 16.5. The van der Waals surface area contributed by atoms with Crippen LogP contribution in [0.15, 0.2) is 16.7 Å². The van der Waals surface area contributed by atoms with Crippen molar-refractivity contribution >= 4 is 5.91 Å². The molecule has 1 N–H and O–H groups in total. The number of hydrogen-bond acceptors (Lipinski definition) is 6. The van der Waals surface area contributed by atoms with Crippen molar-refractivity contribution in [1.29, 1.82) is 0 Å². The Balaban J connectivity index is 1.38. The summed E-state index contributed by atoms with van der Waals surface area (Å²) in [5.41, 5.74) is 0.860. The summed E-state index contributed by atoms with van der Waals surface area (Å²) in [5.74, 6) is 2.91. The number of pyridine rings is 1. The van der Waals surface area contributed by atoms with E-state index < -0.39 is 5.54 Å². The van der Waals surface area contributed by atoms with Crippen LogP contribution in [0.4, 0.5) is 0 Å². The zero-order chi connectivity index (χ0) is 19.3. The van der Waals surface area contributed by atoms with E-state index in [2.05, 4.69) is 20.4 Å². The van der Waals surface area contributed by atoms with E-state index in [1.807, 2.05) is 19.1 Å². The van der Waals surface area contributed by atoms with Crippen LogP contribution in [0.2, 0.25) is 0 Å². The summed E-state index contributed by atoms with van der Waals surface area (Å²) in [6.45, 7) is 4.42. The van der Waals surface area contributed by atoms with Gasteiger partial charge < -0.3 is 14.6 Å². The Morgan fingerprint density at radius 3 is 2.61 bits per heavy atom. The van der Waals surface area contributed by atoms with E-state index in [0.717, 1.165) is 18.4 Å². The number of aromatic nitrogens is 3. The zero-order valence-electron chi connectivity index (χ0n) is 16.4. The van der Waals surface area contributed by atoms with E-state index >= 15 is 0 Å². The van der Waals surface area contributed by atoms with Gasteiger partial charge >= 0.3 is 0 Å².